The number of carbonyl (C=O) groups excluding carboxylic acids is 1. The maximum absolute atomic E-state index is 11.8. The van der Waals surface area contributed by atoms with Crippen LogP contribution in [0.2, 0.25) is 0 Å². The molecule has 0 aliphatic heterocycles. The quantitative estimate of drug-likeness (QED) is 0.581. The first kappa shape index (κ1) is 13.1. The Hall–Kier alpha value is -0.590. The second-order valence-corrected chi connectivity index (χ2v) is 8.58. The Bertz CT molecular complexity index is 464. The molecule has 0 amide bonds. The third kappa shape index (κ3) is 1.64. The summed E-state index contributed by atoms with van der Waals surface area (Å²) in [5.74, 6) is 3.96. The highest BCUT2D eigenvalue weighted by Gasteiger charge is 2.56. The number of Topliss-reactive ketones (excluding diaryl/α,β-unsaturated/α-hetero) is 1. The van der Waals surface area contributed by atoms with Gasteiger partial charge < -0.3 is 0 Å². The van der Waals surface area contributed by atoms with E-state index in [0.717, 1.165) is 30.6 Å². The Morgan fingerprint density at radius 3 is 2.80 bits per heavy atom. The van der Waals surface area contributed by atoms with Gasteiger partial charge in [0.05, 0.1) is 0 Å². The zero-order valence-corrected chi connectivity index (χ0v) is 13.0. The van der Waals surface area contributed by atoms with Gasteiger partial charge in [0.2, 0.25) is 0 Å². The van der Waals surface area contributed by atoms with Crippen LogP contribution in [-0.2, 0) is 4.79 Å². The molecule has 0 spiro atoms. The van der Waals surface area contributed by atoms with E-state index in [1.54, 1.807) is 0 Å². The van der Waals surface area contributed by atoms with Crippen molar-refractivity contribution in [2.75, 3.05) is 0 Å². The Balaban J connectivity index is 1.64. The fraction of sp³-hybridized carbons (Fsp3) is 0.842. The van der Waals surface area contributed by atoms with Crippen molar-refractivity contribution >= 4 is 5.78 Å². The van der Waals surface area contributed by atoms with Crippen LogP contribution >= 0.6 is 0 Å². The normalized spacial score (nSPS) is 54.2. The van der Waals surface area contributed by atoms with E-state index in [1.165, 1.54) is 38.5 Å². The summed E-state index contributed by atoms with van der Waals surface area (Å²) in [6.07, 6.45) is 14.7. The van der Waals surface area contributed by atoms with Crippen LogP contribution in [0.1, 0.15) is 65.2 Å². The van der Waals surface area contributed by atoms with E-state index in [9.17, 15) is 4.79 Å². The van der Waals surface area contributed by atoms with Crippen molar-refractivity contribution in [3.05, 3.63) is 12.2 Å². The molecule has 0 aromatic heterocycles. The lowest BCUT2D eigenvalue weighted by Crippen LogP contribution is -2.52. The molecule has 110 valence electrons. The van der Waals surface area contributed by atoms with E-state index in [4.69, 9.17) is 0 Å². The van der Waals surface area contributed by atoms with Gasteiger partial charge in [0.25, 0.3) is 0 Å². The zero-order chi connectivity index (χ0) is 14.0. The van der Waals surface area contributed by atoms with Crippen molar-refractivity contribution in [2.45, 2.75) is 65.2 Å². The maximum atomic E-state index is 11.8. The standard InChI is InChI=1S/C19H28O/c1-18-9-3-4-16(18)15-6-5-13-12-14(20)7-11-19(13,2)17(15)8-10-18/h3,9,13,15-17H,4-8,10-12H2,1-2H3/t13-,15+,16+,17+,18+,19-/m0/s1. The molecule has 1 heteroatoms. The van der Waals surface area contributed by atoms with Gasteiger partial charge >= 0.3 is 0 Å². The van der Waals surface area contributed by atoms with Gasteiger partial charge in [0, 0.05) is 12.8 Å². The molecule has 0 saturated heterocycles. The van der Waals surface area contributed by atoms with Gasteiger partial charge in [0.15, 0.2) is 0 Å². The summed E-state index contributed by atoms with van der Waals surface area (Å²) in [6.45, 7) is 5.03. The van der Waals surface area contributed by atoms with Crippen molar-refractivity contribution in [1.82, 2.24) is 0 Å². The molecule has 0 radical (unpaired) electrons. The molecule has 3 fully saturated rings. The van der Waals surface area contributed by atoms with Crippen LogP contribution in [0.25, 0.3) is 0 Å². The van der Waals surface area contributed by atoms with Gasteiger partial charge in [0.1, 0.15) is 5.78 Å². The highest BCUT2D eigenvalue weighted by atomic mass is 16.1. The maximum Gasteiger partial charge on any atom is 0.133 e. The lowest BCUT2D eigenvalue weighted by atomic mass is 9.45. The zero-order valence-electron chi connectivity index (χ0n) is 13.0. The van der Waals surface area contributed by atoms with E-state index >= 15 is 0 Å². The molecule has 3 saturated carbocycles. The fourth-order valence-electron chi connectivity index (χ4n) is 6.53. The first-order valence-corrected chi connectivity index (χ1v) is 8.72. The number of ketones is 1. The number of allylic oxidation sites excluding steroid dienone is 2. The monoisotopic (exact) mass is 272 g/mol. The van der Waals surface area contributed by atoms with Crippen LogP contribution in [0, 0.1) is 34.5 Å². The lowest BCUT2D eigenvalue weighted by molar-refractivity contribution is -0.136. The first-order valence-electron chi connectivity index (χ1n) is 8.72. The molecule has 0 aromatic carbocycles. The molecule has 0 unspecified atom stereocenters. The molecule has 4 aliphatic carbocycles. The molecule has 6 atom stereocenters. The second kappa shape index (κ2) is 4.21. The van der Waals surface area contributed by atoms with Crippen molar-refractivity contribution in [3.63, 3.8) is 0 Å². The van der Waals surface area contributed by atoms with E-state index in [0.29, 0.717) is 22.5 Å². The molecule has 0 heterocycles. The second-order valence-electron chi connectivity index (χ2n) is 8.58. The van der Waals surface area contributed by atoms with Crippen LogP contribution in [0.15, 0.2) is 12.2 Å². The van der Waals surface area contributed by atoms with E-state index < -0.39 is 0 Å². The van der Waals surface area contributed by atoms with Crippen LogP contribution in [-0.4, -0.2) is 5.78 Å². The summed E-state index contributed by atoms with van der Waals surface area (Å²) >= 11 is 0. The molecule has 20 heavy (non-hydrogen) atoms. The Kier molecular flexibility index (Phi) is 2.76. The average Bonchev–Trinajstić information content (AvgIpc) is 2.81. The fourth-order valence-corrected chi connectivity index (χ4v) is 6.53. The average molecular weight is 272 g/mol. The van der Waals surface area contributed by atoms with Crippen LogP contribution in [0.4, 0.5) is 0 Å². The molecule has 0 bridgehead atoms. The van der Waals surface area contributed by atoms with Gasteiger partial charge in [-0.05, 0) is 73.0 Å². The summed E-state index contributed by atoms with van der Waals surface area (Å²) in [7, 11) is 0. The highest BCUT2D eigenvalue weighted by molar-refractivity contribution is 5.79. The minimum atomic E-state index is 0.473. The molecule has 0 aromatic rings. The van der Waals surface area contributed by atoms with E-state index in [-0.39, 0.29) is 0 Å². The van der Waals surface area contributed by atoms with Crippen molar-refractivity contribution in [2.24, 2.45) is 34.5 Å². The largest absolute Gasteiger partial charge is 0.300 e. The van der Waals surface area contributed by atoms with Crippen LogP contribution in [0.3, 0.4) is 0 Å². The summed E-state index contributed by atoms with van der Waals surface area (Å²) < 4.78 is 0. The smallest absolute Gasteiger partial charge is 0.133 e. The Labute approximate surface area is 123 Å². The van der Waals surface area contributed by atoms with Gasteiger partial charge in [-0.2, -0.15) is 0 Å². The molecular formula is C19H28O. The third-order valence-corrected chi connectivity index (χ3v) is 7.81. The van der Waals surface area contributed by atoms with Gasteiger partial charge in [-0.15, -0.1) is 0 Å². The van der Waals surface area contributed by atoms with Gasteiger partial charge in [-0.3, -0.25) is 4.79 Å². The summed E-state index contributed by atoms with van der Waals surface area (Å²) in [6, 6.07) is 0. The molecule has 4 aliphatic rings. The minimum Gasteiger partial charge on any atom is -0.300 e. The number of rotatable bonds is 0. The first-order chi connectivity index (χ1) is 9.53. The number of hydrogen-bond acceptors (Lipinski definition) is 1. The number of hydrogen-bond donors (Lipinski definition) is 0. The predicted molar refractivity (Wildman–Crippen MR) is 81.3 cm³/mol. The van der Waals surface area contributed by atoms with Gasteiger partial charge in [-0.1, -0.05) is 26.0 Å². The molecular weight excluding hydrogens is 244 g/mol. The van der Waals surface area contributed by atoms with Crippen molar-refractivity contribution < 1.29 is 4.79 Å². The number of fused-ring (bicyclic) bond motifs is 5. The molecule has 0 N–H and O–H groups in total. The SMILES string of the molecule is C[C@]12CCC(=O)C[C@@H]1CC[C@H]1[C@H]2CC[C@@]2(C)C=CC[C@H]12. The molecule has 1 nitrogen and oxygen atoms in total. The summed E-state index contributed by atoms with van der Waals surface area (Å²) in [4.78, 5) is 11.8. The Morgan fingerprint density at radius 2 is 1.95 bits per heavy atom. The summed E-state index contributed by atoms with van der Waals surface area (Å²) in [5, 5.41) is 0. The van der Waals surface area contributed by atoms with Crippen LogP contribution < -0.4 is 0 Å². The Morgan fingerprint density at radius 1 is 1.10 bits per heavy atom. The van der Waals surface area contributed by atoms with E-state index in [2.05, 4.69) is 26.0 Å². The highest BCUT2D eigenvalue weighted by Crippen LogP contribution is 2.64. The van der Waals surface area contributed by atoms with E-state index in [1.807, 2.05) is 0 Å². The topological polar surface area (TPSA) is 17.1 Å². The summed E-state index contributed by atoms with van der Waals surface area (Å²) in [5.41, 5.74) is 0.968. The van der Waals surface area contributed by atoms with Crippen molar-refractivity contribution in [1.29, 1.82) is 0 Å². The number of carbonyl (C=O) groups is 1. The van der Waals surface area contributed by atoms with Gasteiger partial charge in [-0.25, -0.2) is 0 Å². The predicted octanol–water partition coefficient (Wildman–Crippen LogP) is 4.76. The third-order valence-electron chi connectivity index (χ3n) is 7.81. The minimum absolute atomic E-state index is 0.473. The van der Waals surface area contributed by atoms with Crippen LogP contribution in [0.5, 0.6) is 0 Å². The lowest BCUT2D eigenvalue weighted by Gasteiger charge is -2.59. The van der Waals surface area contributed by atoms with Crippen molar-refractivity contribution in [3.8, 4) is 0 Å². The molecule has 4 rings (SSSR count).